The highest BCUT2D eigenvalue weighted by atomic mass is 16.4. The largest absolute Gasteiger partial charge is 0.507 e. The van der Waals surface area contributed by atoms with E-state index in [-0.39, 0.29) is 28.6 Å². The maximum atomic E-state index is 13.5. The number of amides is 2. The molecule has 0 unspecified atom stereocenters. The maximum absolute atomic E-state index is 13.5. The highest BCUT2D eigenvalue weighted by Gasteiger charge is 2.44. The van der Waals surface area contributed by atoms with Crippen molar-refractivity contribution >= 4 is 23.5 Å². The molecule has 2 aliphatic rings. The highest BCUT2D eigenvalue weighted by Crippen LogP contribution is 2.45. The first-order valence-electron chi connectivity index (χ1n) is 11.7. The molecule has 0 radical (unpaired) electrons. The van der Waals surface area contributed by atoms with Gasteiger partial charge in [-0.2, -0.15) is 0 Å². The third kappa shape index (κ3) is 3.58. The summed E-state index contributed by atoms with van der Waals surface area (Å²) in [7, 11) is 0. The number of benzene rings is 3. The van der Waals surface area contributed by atoms with Crippen molar-refractivity contribution in [2.24, 2.45) is 0 Å². The zero-order chi connectivity index (χ0) is 25.7. The van der Waals surface area contributed by atoms with E-state index in [1.807, 2.05) is 67.6 Å². The predicted octanol–water partition coefficient (Wildman–Crippen LogP) is 5.50. The number of phenols is 1. The first kappa shape index (κ1) is 22.4. The van der Waals surface area contributed by atoms with E-state index in [4.69, 9.17) is 9.83 Å². The first-order valence-corrected chi connectivity index (χ1v) is 11.7. The lowest BCUT2D eigenvalue weighted by molar-refractivity contribution is 0.101. The standard InChI is InChI=1S/C29H22N4O4/c1-16-12-13-21(34)19(14-16)24(35)20-15-31-29(36)33-26(30)23-22(17-8-4-2-5-9-17)25(18-10-6-3-7-11-18)37-28(23)32-27(20)33/h2-15,27,30,32,34H,1H3,(H,31,36)/t27-/m1/s1. The minimum atomic E-state index is -1.00. The zero-order valence-electron chi connectivity index (χ0n) is 19.8. The number of carbonyl (C=O) groups is 2. The van der Waals surface area contributed by atoms with Crippen LogP contribution in [0, 0.1) is 12.3 Å². The Morgan fingerprint density at radius 2 is 1.65 bits per heavy atom. The minimum absolute atomic E-state index is 0.104. The van der Waals surface area contributed by atoms with Gasteiger partial charge in [-0.3, -0.25) is 15.1 Å². The summed E-state index contributed by atoms with van der Waals surface area (Å²) in [6, 6.07) is 23.3. The number of rotatable bonds is 4. The van der Waals surface area contributed by atoms with Crippen LogP contribution < -0.4 is 10.6 Å². The Labute approximate surface area is 212 Å². The van der Waals surface area contributed by atoms with E-state index in [1.54, 1.807) is 12.1 Å². The molecule has 6 rings (SSSR count). The van der Waals surface area contributed by atoms with Crippen molar-refractivity contribution in [3.05, 3.63) is 107 Å². The molecule has 37 heavy (non-hydrogen) atoms. The molecule has 0 fully saturated rings. The number of urea groups is 1. The molecule has 0 saturated heterocycles. The SMILES string of the molecule is Cc1ccc(O)c(C(=O)C2=CNC(=O)N3C(=N)c4c(oc(-c5ccccc5)c4-c4ccccc4)N[C@@H]23)c1. The van der Waals surface area contributed by atoms with Gasteiger partial charge >= 0.3 is 6.03 Å². The Balaban J connectivity index is 1.51. The maximum Gasteiger partial charge on any atom is 0.329 e. The van der Waals surface area contributed by atoms with Crippen molar-refractivity contribution in [3.8, 4) is 28.2 Å². The number of amidine groups is 1. The molecule has 4 aromatic rings. The van der Waals surface area contributed by atoms with Gasteiger partial charge in [-0.25, -0.2) is 4.79 Å². The minimum Gasteiger partial charge on any atom is -0.507 e. The molecule has 2 aliphatic heterocycles. The second-order valence-corrected chi connectivity index (χ2v) is 8.91. The van der Waals surface area contributed by atoms with Gasteiger partial charge in [0.15, 0.2) is 5.78 Å². The number of furan rings is 1. The molecular weight excluding hydrogens is 468 g/mol. The molecule has 1 aromatic heterocycles. The van der Waals surface area contributed by atoms with Gasteiger partial charge in [-0.15, -0.1) is 0 Å². The summed E-state index contributed by atoms with van der Waals surface area (Å²) >= 11 is 0. The van der Waals surface area contributed by atoms with Gasteiger partial charge in [0, 0.05) is 17.3 Å². The molecule has 0 spiro atoms. The number of carbonyl (C=O) groups excluding carboxylic acids is 2. The third-order valence-electron chi connectivity index (χ3n) is 6.53. The van der Waals surface area contributed by atoms with Crippen molar-refractivity contribution in [1.29, 1.82) is 5.41 Å². The second kappa shape index (κ2) is 8.53. The molecule has 8 nitrogen and oxygen atoms in total. The van der Waals surface area contributed by atoms with Crippen LogP contribution >= 0.6 is 0 Å². The first-order chi connectivity index (χ1) is 17.9. The van der Waals surface area contributed by atoms with Gasteiger partial charge in [0.1, 0.15) is 23.5 Å². The smallest absolute Gasteiger partial charge is 0.329 e. The van der Waals surface area contributed by atoms with Crippen LogP contribution in [0.25, 0.3) is 22.5 Å². The van der Waals surface area contributed by atoms with E-state index in [2.05, 4.69) is 10.6 Å². The number of nitrogens with one attached hydrogen (secondary N) is 3. The van der Waals surface area contributed by atoms with Crippen LogP contribution in [0.2, 0.25) is 0 Å². The molecule has 182 valence electrons. The lowest BCUT2D eigenvalue weighted by atomic mass is 9.93. The quantitative estimate of drug-likeness (QED) is 0.282. The number of hydrogen-bond donors (Lipinski definition) is 4. The van der Waals surface area contributed by atoms with Crippen LogP contribution in [0.1, 0.15) is 21.5 Å². The third-order valence-corrected chi connectivity index (χ3v) is 6.53. The van der Waals surface area contributed by atoms with E-state index < -0.39 is 18.0 Å². The average molecular weight is 491 g/mol. The average Bonchev–Trinajstić information content (AvgIpc) is 3.31. The Bertz CT molecular complexity index is 1610. The Kier molecular flexibility index (Phi) is 5.15. The lowest BCUT2D eigenvalue weighted by Crippen LogP contribution is -2.58. The number of phenolic OH excluding ortho intramolecular Hbond substituents is 1. The predicted molar refractivity (Wildman–Crippen MR) is 139 cm³/mol. The number of ketones is 1. The number of aromatic hydroxyl groups is 1. The molecule has 3 aromatic carbocycles. The Morgan fingerprint density at radius 1 is 0.973 bits per heavy atom. The van der Waals surface area contributed by atoms with Crippen molar-refractivity contribution in [1.82, 2.24) is 10.2 Å². The number of fused-ring (bicyclic) bond motifs is 2. The summed E-state index contributed by atoms with van der Waals surface area (Å²) in [5, 5.41) is 25.2. The molecule has 3 heterocycles. The molecule has 8 heteroatoms. The van der Waals surface area contributed by atoms with Crippen LogP contribution in [0.3, 0.4) is 0 Å². The van der Waals surface area contributed by atoms with Crippen molar-refractivity contribution in [3.63, 3.8) is 0 Å². The molecule has 4 N–H and O–H groups in total. The van der Waals surface area contributed by atoms with Crippen LogP contribution in [-0.4, -0.2) is 33.8 Å². The van der Waals surface area contributed by atoms with E-state index in [1.165, 1.54) is 17.2 Å². The van der Waals surface area contributed by atoms with Crippen molar-refractivity contribution in [2.75, 3.05) is 5.32 Å². The molecule has 0 bridgehead atoms. The fourth-order valence-corrected chi connectivity index (χ4v) is 4.77. The van der Waals surface area contributed by atoms with Crippen LogP contribution in [0.4, 0.5) is 10.7 Å². The monoisotopic (exact) mass is 490 g/mol. The van der Waals surface area contributed by atoms with Crippen molar-refractivity contribution in [2.45, 2.75) is 13.1 Å². The number of hydrogen-bond acceptors (Lipinski definition) is 6. The number of Topliss-reactive ketones (excluding diaryl/α,β-unsaturated/α-hetero) is 1. The summed E-state index contributed by atoms with van der Waals surface area (Å²) in [5.41, 5.74) is 3.80. The van der Waals surface area contributed by atoms with Crippen LogP contribution in [0.5, 0.6) is 5.75 Å². The zero-order valence-corrected chi connectivity index (χ0v) is 19.8. The van der Waals surface area contributed by atoms with Gasteiger partial charge in [0.25, 0.3) is 0 Å². The van der Waals surface area contributed by atoms with Crippen LogP contribution in [0.15, 0.2) is 95.1 Å². The van der Waals surface area contributed by atoms with Gasteiger partial charge in [-0.05, 0) is 24.6 Å². The number of nitrogens with zero attached hydrogens (tertiary/aromatic N) is 1. The fourth-order valence-electron chi connectivity index (χ4n) is 4.77. The van der Waals surface area contributed by atoms with Crippen molar-refractivity contribution < 1.29 is 19.1 Å². The molecule has 2 amide bonds. The summed E-state index contributed by atoms with van der Waals surface area (Å²) in [5.74, 6) is 0.0848. The lowest BCUT2D eigenvalue weighted by Gasteiger charge is -2.39. The normalized spacial score (nSPS) is 16.3. The summed E-state index contributed by atoms with van der Waals surface area (Å²) in [4.78, 5) is 27.7. The summed E-state index contributed by atoms with van der Waals surface area (Å²) < 4.78 is 6.31. The molecule has 0 aliphatic carbocycles. The van der Waals surface area contributed by atoms with Crippen LogP contribution in [-0.2, 0) is 0 Å². The topological polar surface area (TPSA) is 119 Å². The number of aryl methyl sites for hydroxylation is 1. The second-order valence-electron chi connectivity index (χ2n) is 8.91. The van der Waals surface area contributed by atoms with Gasteiger partial charge in [0.2, 0.25) is 5.88 Å². The van der Waals surface area contributed by atoms with Gasteiger partial charge < -0.3 is 20.2 Å². The van der Waals surface area contributed by atoms with Gasteiger partial charge in [-0.1, -0.05) is 72.3 Å². The highest BCUT2D eigenvalue weighted by molar-refractivity contribution is 6.19. The van der Waals surface area contributed by atoms with E-state index in [0.717, 1.165) is 16.7 Å². The Hall–Kier alpha value is -5.11. The van der Waals surface area contributed by atoms with E-state index in [9.17, 15) is 14.7 Å². The summed E-state index contributed by atoms with van der Waals surface area (Å²) in [6.45, 7) is 1.82. The molecule has 1 atom stereocenters. The molecular formula is C29H22N4O4. The Morgan fingerprint density at radius 3 is 2.35 bits per heavy atom. The van der Waals surface area contributed by atoms with E-state index in [0.29, 0.717) is 16.9 Å². The van der Waals surface area contributed by atoms with E-state index >= 15 is 0 Å². The molecule has 0 saturated carbocycles. The summed E-state index contributed by atoms with van der Waals surface area (Å²) in [6.07, 6.45) is 0.317. The number of anilines is 1. The van der Waals surface area contributed by atoms with Gasteiger partial charge in [0.05, 0.1) is 16.7 Å². The fraction of sp³-hybridized carbons (Fsp3) is 0.0690.